The van der Waals surface area contributed by atoms with Crippen molar-refractivity contribution >= 4 is 28.2 Å². The highest BCUT2D eigenvalue weighted by molar-refractivity contribution is 6.31. The number of hydrogen-bond donors (Lipinski definition) is 4. The van der Waals surface area contributed by atoms with E-state index in [-0.39, 0.29) is 41.8 Å². The number of Topliss-reactive ketones (excluding diaryl/α,β-unsaturated/α-hetero) is 1. The fraction of sp³-hybridized carbons (Fsp3) is 0.432. The van der Waals surface area contributed by atoms with Crippen LogP contribution in [0.4, 0.5) is 4.39 Å². The van der Waals surface area contributed by atoms with Crippen LogP contribution in [0.5, 0.6) is 0 Å². The second kappa shape index (κ2) is 16.3. The van der Waals surface area contributed by atoms with Crippen molar-refractivity contribution in [2.24, 2.45) is 5.41 Å². The minimum Gasteiger partial charge on any atom is -0.394 e. The zero-order chi connectivity index (χ0) is 37.0. The van der Waals surface area contributed by atoms with Gasteiger partial charge in [0.25, 0.3) is 0 Å². The van der Waals surface area contributed by atoms with Gasteiger partial charge in [-0.1, -0.05) is 90.8 Å². The molecule has 5 atom stereocenters. The van der Waals surface area contributed by atoms with Crippen molar-refractivity contribution < 1.29 is 29.6 Å². The van der Waals surface area contributed by atoms with E-state index >= 15 is 0 Å². The summed E-state index contributed by atoms with van der Waals surface area (Å²) in [5.74, 6) is -1.01. The second-order valence-corrected chi connectivity index (χ2v) is 15.8. The molecule has 0 radical (unpaired) electrons. The van der Waals surface area contributed by atoms with Crippen LogP contribution in [0.25, 0.3) is 10.8 Å². The molecule has 4 aromatic carbocycles. The molecule has 5 unspecified atom stereocenters. The molecule has 0 heterocycles. The van der Waals surface area contributed by atoms with Crippen LogP contribution < -0.4 is 0 Å². The Hall–Kier alpha value is -3.43. The maximum atomic E-state index is 15.0. The van der Waals surface area contributed by atoms with Crippen LogP contribution in [-0.4, -0.2) is 68.6 Å². The highest BCUT2D eigenvalue weighted by atomic mass is 35.5. The Kier molecular flexibility index (Phi) is 12.0. The summed E-state index contributed by atoms with van der Waals surface area (Å²) in [4.78, 5) is 16.3. The van der Waals surface area contributed by atoms with Crippen molar-refractivity contribution in [3.63, 3.8) is 0 Å². The number of nitrogens with zero attached hydrogens (tertiary/aromatic N) is 1. The van der Waals surface area contributed by atoms with Crippen LogP contribution in [0, 0.1) is 11.2 Å². The number of halogens is 2. The molecular formula is C44H51ClFNO5. The third-order valence-electron chi connectivity index (χ3n) is 11.8. The van der Waals surface area contributed by atoms with E-state index in [9.17, 15) is 29.6 Å². The van der Waals surface area contributed by atoms with Crippen molar-refractivity contribution in [1.29, 1.82) is 0 Å². The highest BCUT2D eigenvalue weighted by Crippen LogP contribution is 2.59. The molecule has 3 aliphatic rings. The summed E-state index contributed by atoms with van der Waals surface area (Å²) in [6.07, 6.45) is 4.54. The molecule has 0 aliphatic heterocycles. The zero-order valence-corrected chi connectivity index (χ0v) is 31.0. The maximum Gasteiger partial charge on any atom is 0.167 e. The number of aliphatic hydroxyl groups is 4. The Bertz CT molecular complexity index is 1900. The minimum absolute atomic E-state index is 0.151. The third-order valence-corrected chi connectivity index (χ3v) is 12.2. The number of carbonyl (C=O) groups excluding carboxylic acids is 1. The first-order valence-electron chi connectivity index (χ1n) is 18.5. The van der Waals surface area contributed by atoms with Crippen LogP contribution in [0.1, 0.15) is 90.9 Å². The van der Waals surface area contributed by atoms with Gasteiger partial charge in [-0.05, 0) is 103 Å². The molecule has 0 amide bonds. The van der Waals surface area contributed by atoms with Crippen molar-refractivity contribution in [2.45, 2.75) is 95.5 Å². The summed E-state index contributed by atoms with van der Waals surface area (Å²) < 4.78 is 15.0. The molecule has 0 saturated heterocycles. The average molecular weight is 728 g/mol. The largest absolute Gasteiger partial charge is 0.394 e. The topological polar surface area (TPSA) is 101 Å². The molecule has 8 heteroatoms. The van der Waals surface area contributed by atoms with E-state index in [0.29, 0.717) is 50.6 Å². The van der Waals surface area contributed by atoms with Gasteiger partial charge in [-0.2, -0.15) is 0 Å². The molecule has 6 nitrogen and oxygen atoms in total. The SMILES string of the molecule is CC1=CCCC2(C)C(CCC2(O)CN(Cc2cccc3ccccc23)CC(O)CO)c2ccc(cc2C(=O)Cc2c(F)cccc2Cl)CC(O)CC1. The summed E-state index contributed by atoms with van der Waals surface area (Å²) in [6, 6.07) is 24.5. The summed E-state index contributed by atoms with van der Waals surface area (Å²) >= 11 is 6.39. The number of benzene rings is 4. The fourth-order valence-electron chi connectivity index (χ4n) is 8.78. The molecule has 1 fully saturated rings. The van der Waals surface area contributed by atoms with Gasteiger partial charge in [0.05, 0.1) is 24.4 Å². The van der Waals surface area contributed by atoms with Gasteiger partial charge in [0.1, 0.15) is 5.82 Å². The summed E-state index contributed by atoms with van der Waals surface area (Å²) in [5, 5.41) is 47.0. The van der Waals surface area contributed by atoms with Crippen LogP contribution >= 0.6 is 11.6 Å². The van der Waals surface area contributed by atoms with E-state index in [1.165, 1.54) is 17.7 Å². The lowest BCUT2D eigenvalue weighted by Gasteiger charge is -2.46. The third kappa shape index (κ3) is 8.20. The van der Waals surface area contributed by atoms with Gasteiger partial charge in [0, 0.05) is 47.6 Å². The normalized spacial score (nSPS) is 24.4. The number of rotatable bonds is 10. The van der Waals surface area contributed by atoms with Crippen molar-refractivity contribution in [3.05, 3.63) is 129 Å². The monoisotopic (exact) mass is 727 g/mol. The standard InChI is InChI=1S/C44H51ClFNO5/c1-29-8-7-20-43(2)39(19-21-44(43,52)28-47(26-34(50)27-48)25-32-11-5-10-31-9-3-4-12-35(31)32)36-18-16-30(22-33(49)17-15-29)23-37(36)42(51)24-38-40(45)13-6-14-41(38)46/h3-6,8-14,16,18,23,33-34,39,48-50,52H,7,15,17,19-22,24-28H2,1-2H3. The van der Waals surface area contributed by atoms with Crippen molar-refractivity contribution in [2.75, 3.05) is 19.7 Å². The molecule has 52 heavy (non-hydrogen) atoms. The van der Waals surface area contributed by atoms with E-state index in [0.717, 1.165) is 33.9 Å². The molecule has 0 aromatic heterocycles. The van der Waals surface area contributed by atoms with E-state index in [1.54, 1.807) is 6.07 Å². The number of aliphatic hydroxyl groups excluding tert-OH is 3. The van der Waals surface area contributed by atoms with Crippen LogP contribution in [0.15, 0.2) is 90.5 Å². The Labute approximate surface area is 311 Å². The smallest absolute Gasteiger partial charge is 0.167 e. The molecule has 2 bridgehead atoms. The molecule has 3 aliphatic carbocycles. The van der Waals surface area contributed by atoms with Gasteiger partial charge in [-0.25, -0.2) is 4.39 Å². The van der Waals surface area contributed by atoms with Crippen molar-refractivity contribution in [3.8, 4) is 0 Å². The molecular weight excluding hydrogens is 677 g/mol. The highest BCUT2D eigenvalue weighted by Gasteiger charge is 2.57. The Morgan fingerprint density at radius 3 is 2.60 bits per heavy atom. The number of carbonyl (C=O) groups is 1. The quantitative estimate of drug-likeness (QED) is 0.0978. The summed E-state index contributed by atoms with van der Waals surface area (Å²) in [7, 11) is 0. The van der Waals surface area contributed by atoms with E-state index in [1.807, 2.05) is 36.4 Å². The van der Waals surface area contributed by atoms with Gasteiger partial charge < -0.3 is 20.4 Å². The average Bonchev–Trinajstić information content (AvgIpc) is 3.37. The molecule has 4 N–H and O–H groups in total. The Morgan fingerprint density at radius 1 is 1.04 bits per heavy atom. The number of ketones is 1. The van der Waals surface area contributed by atoms with Crippen molar-refractivity contribution in [1.82, 2.24) is 4.90 Å². The molecule has 1 saturated carbocycles. The molecule has 7 rings (SSSR count). The van der Waals surface area contributed by atoms with Gasteiger partial charge >= 0.3 is 0 Å². The Balaban J connectivity index is 1.41. The van der Waals surface area contributed by atoms with Gasteiger partial charge in [0.15, 0.2) is 5.78 Å². The van der Waals surface area contributed by atoms with Gasteiger partial charge in [-0.3, -0.25) is 9.69 Å². The van der Waals surface area contributed by atoms with E-state index in [2.05, 4.69) is 49.1 Å². The predicted molar refractivity (Wildman–Crippen MR) is 205 cm³/mol. The minimum atomic E-state index is -1.22. The zero-order valence-electron chi connectivity index (χ0n) is 30.2. The van der Waals surface area contributed by atoms with Gasteiger partial charge in [-0.15, -0.1) is 0 Å². The molecule has 276 valence electrons. The second-order valence-electron chi connectivity index (χ2n) is 15.4. The first kappa shape index (κ1) is 38.3. The fourth-order valence-corrected chi connectivity index (χ4v) is 9.01. The van der Waals surface area contributed by atoms with Crippen LogP contribution in [0.2, 0.25) is 5.02 Å². The lowest BCUT2D eigenvalue weighted by atomic mass is 9.64. The summed E-state index contributed by atoms with van der Waals surface area (Å²) in [6.45, 7) is 4.70. The van der Waals surface area contributed by atoms with Crippen LogP contribution in [0.3, 0.4) is 0 Å². The van der Waals surface area contributed by atoms with Gasteiger partial charge in [0.2, 0.25) is 0 Å². The number of hydrogen-bond acceptors (Lipinski definition) is 6. The molecule has 4 aromatic rings. The van der Waals surface area contributed by atoms with E-state index < -0.39 is 35.6 Å². The first-order valence-corrected chi connectivity index (χ1v) is 18.9. The first-order chi connectivity index (χ1) is 24.9. The number of fused-ring (bicyclic) bond motifs is 9. The summed E-state index contributed by atoms with van der Waals surface area (Å²) in [5.41, 5.74) is 2.58. The number of allylic oxidation sites excluding steroid dienone is 2. The lowest BCUT2D eigenvalue weighted by molar-refractivity contribution is -0.0907. The predicted octanol–water partition coefficient (Wildman–Crippen LogP) is 7.95. The lowest BCUT2D eigenvalue weighted by Crippen LogP contribution is -2.53. The van der Waals surface area contributed by atoms with E-state index in [4.69, 9.17) is 11.6 Å². The molecule has 0 spiro atoms. The Morgan fingerprint density at radius 2 is 1.81 bits per heavy atom. The van der Waals surface area contributed by atoms with Crippen LogP contribution in [-0.2, 0) is 19.4 Å². The maximum absolute atomic E-state index is 15.0.